The molecule has 0 saturated heterocycles. The molecule has 25 heavy (non-hydrogen) atoms. The van der Waals surface area contributed by atoms with E-state index >= 15 is 0 Å². The number of hydrogen-bond acceptors (Lipinski definition) is 4. The number of para-hydroxylation sites is 1. The summed E-state index contributed by atoms with van der Waals surface area (Å²) in [4.78, 5) is 23.9. The zero-order valence-corrected chi connectivity index (χ0v) is 15.4. The molecule has 1 N–H and O–H groups in total. The zero-order chi connectivity index (χ0) is 18.4. The van der Waals surface area contributed by atoms with E-state index in [1.165, 1.54) is 19.1 Å². The van der Waals surface area contributed by atoms with E-state index in [4.69, 9.17) is 44.3 Å². The monoisotopic (exact) mass is 401 g/mol. The van der Waals surface area contributed by atoms with Gasteiger partial charge in [0.25, 0.3) is 5.91 Å². The van der Waals surface area contributed by atoms with Crippen LogP contribution in [0.1, 0.15) is 6.92 Å². The summed E-state index contributed by atoms with van der Waals surface area (Å²) in [6.45, 7) is 1.11. The Hall–Kier alpha value is -1.95. The van der Waals surface area contributed by atoms with E-state index in [9.17, 15) is 9.59 Å². The molecule has 2 aromatic rings. The molecule has 0 heterocycles. The fourth-order valence-corrected chi connectivity index (χ4v) is 2.74. The van der Waals surface area contributed by atoms with Crippen molar-refractivity contribution in [1.82, 2.24) is 0 Å². The van der Waals surface area contributed by atoms with Gasteiger partial charge in [0.2, 0.25) is 0 Å². The number of anilines is 1. The van der Waals surface area contributed by atoms with Gasteiger partial charge in [-0.2, -0.15) is 0 Å². The second-order valence-corrected chi connectivity index (χ2v) is 6.22. The Bertz CT molecular complexity index is 745. The summed E-state index contributed by atoms with van der Waals surface area (Å²) in [5.41, 5.74) is 0.196. The van der Waals surface area contributed by atoms with Crippen LogP contribution in [0.2, 0.25) is 15.1 Å². The predicted molar refractivity (Wildman–Crippen MR) is 97.6 cm³/mol. The third-order valence-electron chi connectivity index (χ3n) is 3.03. The Labute approximate surface area is 159 Å². The van der Waals surface area contributed by atoms with E-state index < -0.39 is 18.0 Å². The van der Waals surface area contributed by atoms with Crippen LogP contribution in [0.15, 0.2) is 42.5 Å². The maximum atomic E-state index is 12.1. The number of rotatable bonds is 6. The first kappa shape index (κ1) is 19.4. The maximum Gasteiger partial charge on any atom is 0.344 e. The number of benzene rings is 2. The van der Waals surface area contributed by atoms with Gasteiger partial charge in [0.1, 0.15) is 5.75 Å². The van der Waals surface area contributed by atoms with Crippen LogP contribution < -0.4 is 10.1 Å². The molecule has 2 aromatic carbocycles. The van der Waals surface area contributed by atoms with Crippen LogP contribution in [0.3, 0.4) is 0 Å². The number of esters is 1. The Morgan fingerprint density at radius 1 is 1.08 bits per heavy atom. The van der Waals surface area contributed by atoms with Crippen molar-refractivity contribution < 1.29 is 19.1 Å². The average Bonchev–Trinajstić information content (AvgIpc) is 2.57. The number of carbonyl (C=O) groups is 2. The predicted octanol–water partition coefficient (Wildman–Crippen LogP) is 4.60. The normalized spacial score (nSPS) is 11.5. The fourth-order valence-electron chi connectivity index (χ4n) is 1.83. The lowest BCUT2D eigenvalue weighted by molar-refractivity contribution is -0.155. The van der Waals surface area contributed by atoms with Gasteiger partial charge in [-0.3, -0.25) is 4.79 Å². The molecule has 1 amide bonds. The Balaban J connectivity index is 1.89. The summed E-state index contributed by atoms with van der Waals surface area (Å²) in [6, 6.07) is 11.7. The van der Waals surface area contributed by atoms with Gasteiger partial charge in [0.15, 0.2) is 12.7 Å². The zero-order valence-electron chi connectivity index (χ0n) is 13.1. The molecule has 0 unspecified atom stereocenters. The van der Waals surface area contributed by atoms with Gasteiger partial charge in [-0.25, -0.2) is 4.79 Å². The third-order valence-corrected chi connectivity index (χ3v) is 3.85. The van der Waals surface area contributed by atoms with Crippen molar-refractivity contribution in [3.63, 3.8) is 0 Å². The average molecular weight is 403 g/mol. The van der Waals surface area contributed by atoms with Gasteiger partial charge in [0.05, 0.1) is 15.7 Å². The van der Waals surface area contributed by atoms with E-state index in [1.807, 2.05) is 6.07 Å². The molecular weight excluding hydrogens is 389 g/mol. The van der Waals surface area contributed by atoms with Gasteiger partial charge >= 0.3 is 5.97 Å². The molecule has 0 saturated carbocycles. The number of nitrogens with one attached hydrogen (secondary N) is 1. The van der Waals surface area contributed by atoms with E-state index in [1.54, 1.807) is 24.3 Å². The molecule has 132 valence electrons. The van der Waals surface area contributed by atoms with Gasteiger partial charge < -0.3 is 14.8 Å². The van der Waals surface area contributed by atoms with Crippen LogP contribution in [-0.2, 0) is 14.3 Å². The lowest BCUT2D eigenvalue weighted by Crippen LogP contribution is -2.31. The second kappa shape index (κ2) is 8.94. The number of carbonyl (C=O) groups excluding carboxylic acids is 2. The number of amides is 1. The maximum absolute atomic E-state index is 12.1. The second-order valence-electron chi connectivity index (χ2n) is 4.97. The molecule has 0 aliphatic rings. The van der Waals surface area contributed by atoms with Crippen molar-refractivity contribution >= 4 is 52.4 Å². The topological polar surface area (TPSA) is 64.6 Å². The highest BCUT2D eigenvalue weighted by Gasteiger charge is 2.20. The van der Waals surface area contributed by atoms with Gasteiger partial charge in [0, 0.05) is 5.02 Å². The van der Waals surface area contributed by atoms with Gasteiger partial charge in [-0.1, -0.05) is 53.0 Å². The number of hydrogen-bond donors (Lipinski definition) is 1. The Morgan fingerprint density at radius 2 is 1.68 bits per heavy atom. The molecule has 5 nitrogen and oxygen atoms in total. The molecule has 8 heteroatoms. The van der Waals surface area contributed by atoms with Crippen LogP contribution >= 0.6 is 34.8 Å². The van der Waals surface area contributed by atoms with Crippen molar-refractivity contribution in [2.24, 2.45) is 0 Å². The molecule has 0 bridgehead atoms. The minimum atomic E-state index is -1.06. The quantitative estimate of drug-likeness (QED) is 0.717. The summed E-state index contributed by atoms with van der Waals surface area (Å²) in [7, 11) is 0. The smallest absolute Gasteiger partial charge is 0.344 e. The van der Waals surface area contributed by atoms with E-state index in [2.05, 4.69) is 5.32 Å². The molecule has 0 aliphatic carbocycles. The summed E-state index contributed by atoms with van der Waals surface area (Å²) in [5, 5.41) is 3.20. The van der Waals surface area contributed by atoms with Crippen LogP contribution in [0, 0.1) is 0 Å². The molecule has 2 rings (SSSR count). The highest BCUT2D eigenvalue weighted by molar-refractivity contribution is 6.42. The third kappa shape index (κ3) is 5.81. The first-order chi connectivity index (χ1) is 11.9. The molecular formula is C17H14Cl3NO4. The largest absolute Gasteiger partial charge is 0.482 e. The molecule has 0 fully saturated rings. The highest BCUT2D eigenvalue weighted by Crippen LogP contribution is 2.33. The first-order valence-electron chi connectivity index (χ1n) is 7.19. The molecule has 0 spiro atoms. The van der Waals surface area contributed by atoms with Crippen molar-refractivity contribution in [3.8, 4) is 5.75 Å². The summed E-state index contributed by atoms with van der Waals surface area (Å²) in [5.74, 6) is -0.740. The van der Waals surface area contributed by atoms with Crippen LogP contribution in [-0.4, -0.2) is 24.6 Å². The Kier molecular flexibility index (Phi) is 6.93. The van der Waals surface area contributed by atoms with Crippen LogP contribution in [0.4, 0.5) is 5.69 Å². The molecule has 1 atom stereocenters. The fraction of sp³-hybridized carbons (Fsp3) is 0.176. The van der Waals surface area contributed by atoms with E-state index in [0.29, 0.717) is 10.8 Å². The SMILES string of the molecule is C[C@H](OC(=O)COc1ccccc1)C(=O)Nc1c(Cl)cc(Cl)cc1Cl. The van der Waals surface area contributed by atoms with Gasteiger partial charge in [-0.15, -0.1) is 0 Å². The van der Waals surface area contributed by atoms with Crippen molar-refractivity contribution in [3.05, 3.63) is 57.5 Å². The van der Waals surface area contributed by atoms with E-state index in [-0.39, 0.29) is 22.3 Å². The summed E-state index contributed by atoms with van der Waals surface area (Å²) >= 11 is 17.8. The molecule has 0 radical (unpaired) electrons. The lowest BCUT2D eigenvalue weighted by Gasteiger charge is -2.15. The molecule has 0 aliphatic heterocycles. The van der Waals surface area contributed by atoms with Crippen molar-refractivity contribution in [2.45, 2.75) is 13.0 Å². The van der Waals surface area contributed by atoms with Crippen LogP contribution in [0.25, 0.3) is 0 Å². The standard InChI is InChI=1S/C17H14Cl3NO4/c1-10(25-15(22)9-24-12-5-3-2-4-6-12)17(23)21-16-13(19)7-11(18)8-14(16)20/h2-8,10H,9H2,1H3,(H,21,23)/t10-/m0/s1. The minimum absolute atomic E-state index is 0.178. The number of ether oxygens (including phenoxy) is 2. The van der Waals surface area contributed by atoms with Crippen molar-refractivity contribution in [2.75, 3.05) is 11.9 Å². The summed E-state index contributed by atoms with van der Waals surface area (Å²) < 4.78 is 10.3. The number of halogens is 3. The highest BCUT2D eigenvalue weighted by atomic mass is 35.5. The summed E-state index contributed by atoms with van der Waals surface area (Å²) in [6.07, 6.45) is -1.06. The Morgan fingerprint density at radius 3 is 2.28 bits per heavy atom. The molecule has 0 aromatic heterocycles. The lowest BCUT2D eigenvalue weighted by atomic mass is 10.3. The van der Waals surface area contributed by atoms with Gasteiger partial charge in [-0.05, 0) is 31.2 Å². The minimum Gasteiger partial charge on any atom is -0.482 e. The van der Waals surface area contributed by atoms with Crippen LogP contribution in [0.5, 0.6) is 5.75 Å². The first-order valence-corrected chi connectivity index (χ1v) is 8.33. The van der Waals surface area contributed by atoms with Crippen molar-refractivity contribution in [1.29, 1.82) is 0 Å². The van der Waals surface area contributed by atoms with E-state index in [0.717, 1.165) is 0 Å².